The van der Waals surface area contributed by atoms with E-state index in [4.69, 9.17) is 5.11 Å². The van der Waals surface area contributed by atoms with Gasteiger partial charge in [-0.15, -0.1) is 0 Å². The summed E-state index contributed by atoms with van der Waals surface area (Å²) in [7, 11) is 0. The molecule has 0 aromatic rings. The molecule has 0 aromatic heterocycles. The van der Waals surface area contributed by atoms with Crippen LogP contribution in [0.1, 0.15) is 34.1 Å². The number of rotatable bonds is 1. The molecule has 0 aliphatic carbocycles. The smallest absolute Gasteiger partial charge is 0.0584 e. The van der Waals surface area contributed by atoms with E-state index >= 15 is 0 Å². The Labute approximate surface area is 75.4 Å². The van der Waals surface area contributed by atoms with Crippen LogP contribution in [-0.4, -0.2) is 24.3 Å². The molecule has 72 valence electrons. The van der Waals surface area contributed by atoms with Gasteiger partial charge in [0.1, 0.15) is 0 Å². The first-order valence-electron chi connectivity index (χ1n) is 4.73. The molecule has 0 aromatic carbocycles. The Bertz CT molecular complexity index is 162. The van der Waals surface area contributed by atoms with Crippen molar-refractivity contribution in [3.8, 4) is 0 Å². The number of hydrogen-bond donors (Lipinski definition) is 2. The minimum atomic E-state index is 0.270. The summed E-state index contributed by atoms with van der Waals surface area (Å²) in [6.07, 6.45) is 1.09. The average molecular weight is 171 g/mol. The second-order valence-electron chi connectivity index (χ2n) is 5.28. The number of aliphatic hydroxyl groups is 1. The first-order valence-corrected chi connectivity index (χ1v) is 4.73. The molecule has 2 N–H and O–H groups in total. The van der Waals surface area contributed by atoms with E-state index in [0.717, 1.165) is 13.0 Å². The zero-order valence-corrected chi connectivity index (χ0v) is 8.65. The second kappa shape index (κ2) is 3.00. The first kappa shape index (κ1) is 10.0. The highest BCUT2D eigenvalue weighted by atomic mass is 16.3. The molecule has 12 heavy (non-hydrogen) atoms. The Hall–Kier alpha value is -0.0800. The molecule has 0 radical (unpaired) electrons. The number of hydrogen-bond acceptors (Lipinski definition) is 2. The summed E-state index contributed by atoms with van der Waals surface area (Å²) in [5, 5.41) is 12.4. The zero-order valence-electron chi connectivity index (χ0n) is 8.65. The summed E-state index contributed by atoms with van der Waals surface area (Å²) >= 11 is 0. The van der Waals surface area contributed by atoms with Gasteiger partial charge in [0.2, 0.25) is 0 Å². The Balaban J connectivity index is 2.64. The molecule has 1 fully saturated rings. The summed E-state index contributed by atoms with van der Waals surface area (Å²) in [5.41, 5.74) is 0.657. The summed E-state index contributed by atoms with van der Waals surface area (Å²) in [4.78, 5) is 0. The van der Waals surface area contributed by atoms with Gasteiger partial charge in [-0.05, 0) is 17.3 Å². The van der Waals surface area contributed by atoms with Crippen molar-refractivity contribution in [2.45, 2.75) is 40.2 Å². The Morgan fingerprint density at radius 1 is 1.50 bits per heavy atom. The van der Waals surface area contributed by atoms with Crippen molar-refractivity contribution in [1.82, 2.24) is 5.32 Å². The molecule has 1 aliphatic rings. The van der Waals surface area contributed by atoms with Gasteiger partial charge in [0.25, 0.3) is 0 Å². The molecule has 2 atom stereocenters. The number of aliphatic hydroxyl groups excluding tert-OH is 1. The fraction of sp³-hybridized carbons (Fsp3) is 1.00. The quantitative estimate of drug-likeness (QED) is 0.625. The largest absolute Gasteiger partial charge is 0.395 e. The fourth-order valence-corrected chi connectivity index (χ4v) is 1.76. The highest BCUT2D eigenvalue weighted by Gasteiger charge is 2.43. The molecule has 0 bridgehead atoms. The van der Waals surface area contributed by atoms with E-state index in [1.54, 1.807) is 0 Å². The monoisotopic (exact) mass is 171 g/mol. The van der Waals surface area contributed by atoms with Crippen LogP contribution < -0.4 is 5.32 Å². The lowest BCUT2D eigenvalue weighted by Gasteiger charge is -2.38. The molecule has 1 saturated heterocycles. The van der Waals surface area contributed by atoms with Crippen LogP contribution in [0, 0.1) is 10.8 Å². The van der Waals surface area contributed by atoms with E-state index in [2.05, 4.69) is 33.0 Å². The van der Waals surface area contributed by atoms with Gasteiger partial charge in [-0.25, -0.2) is 0 Å². The van der Waals surface area contributed by atoms with Crippen LogP contribution in [0.3, 0.4) is 0 Å². The van der Waals surface area contributed by atoms with Gasteiger partial charge in [-0.1, -0.05) is 27.7 Å². The van der Waals surface area contributed by atoms with Crippen LogP contribution in [0.2, 0.25) is 0 Å². The van der Waals surface area contributed by atoms with E-state index in [9.17, 15) is 0 Å². The van der Waals surface area contributed by atoms with Crippen LogP contribution in [0.4, 0.5) is 0 Å². The lowest BCUT2D eigenvalue weighted by molar-refractivity contribution is 0.125. The predicted molar refractivity (Wildman–Crippen MR) is 51.1 cm³/mol. The lowest BCUT2D eigenvalue weighted by atomic mass is 9.67. The first-order chi connectivity index (χ1) is 5.39. The summed E-state index contributed by atoms with van der Waals surface area (Å²) in [6, 6.07) is 0.314. The van der Waals surface area contributed by atoms with Crippen molar-refractivity contribution >= 4 is 0 Å². The fourth-order valence-electron chi connectivity index (χ4n) is 1.76. The van der Waals surface area contributed by atoms with Crippen molar-refractivity contribution in [1.29, 1.82) is 0 Å². The van der Waals surface area contributed by atoms with Crippen LogP contribution in [-0.2, 0) is 0 Å². The van der Waals surface area contributed by atoms with E-state index < -0.39 is 0 Å². The molecule has 0 amide bonds. The summed E-state index contributed by atoms with van der Waals surface area (Å²) < 4.78 is 0. The molecule has 0 spiro atoms. The van der Waals surface area contributed by atoms with Crippen molar-refractivity contribution in [2.75, 3.05) is 13.2 Å². The third-order valence-electron chi connectivity index (χ3n) is 3.51. The van der Waals surface area contributed by atoms with Gasteiger partial charge in [0, 0.05) is 12.6 Å². The molecular weight excluding hydrogens is 150 g/mol. The normalized spacial score (nSPS) is 37.2. The molecule has 1 heterocycles. The average Bonchev–Trinajstić information content (AvgIpc) is 2.31. The standard InChI is InChI=1S/C10H21NO/c1-9(2,3)10(4)5-8(6-12)11-7-10/h8,11-12H,5-7H2,1-4H3. The predicted octanol–water partition coefficient (Wildman–Crippen LogP) is 1.39. The maximum atomic E-state index is 9.00. The van der Waals surface area contributed by atoms with Gasteiger partial charge in [-0.2, -0.15) is 0 Å². The summed E-state index contributed by atoms with van der Waals surface area (Å²) in [6.45, 7) is 10.4. The molecule has 1 aliphatic heterocycles. The van der Waals surface area contributed by atoms with Crippen molar-refractivity contribution in [2.24, 2.45) is 10.8 Å². The van der Waals surface area contributed by atoms with Crippen molar-refractivity contribution < 1.29 is 5.11 Å². The topological polar surface area (TPSA) is 32.3 Å². The molecule has 0 saturated carbocycles. The minimum absolute atomic E-state index is 0.270. The van der Waals surface area contributed by atoms with Crippen molar-refractivity contribution in [3.05, 3.63) is 0 Å². The van der Waals surface area contributed by atoms with Gasteiger partial charge in [-0.3, -0.25) is 0 Å². The molecule has 1 rings (SSSR count). The zero-order chi connectivity index (χ0) is 9.41. The van der Waals surface area contributed by atoms with Crippen LogP contribution in [0.25, 0.3) is 0 Å². The Morgan fingerprint density at radius 3 is 2.33 bits per heavy atom. The second-order valence-corrected chi connectivity index (χ2v) is 5.28. The maximum Gasteiger partial charge on any atom is 0.0584 e. The Morgan fingerprint density at radius 2 is 2.08 bits per heavy atom. The van der Waals surface area contributed by atoms with Gasteiger partial charge in [0.05, 0.1) is 6.61 Å². The molecular formula is C10H21NO. The highest BCUT2D eigenvalue weighted by Crippen LogP contribution is 2.44. The minimum Gasteiger partial charge on any atom is -0.395 e. The molecule has 2 nitrogen and oxygen atoms in total. The third-order valence-corrected chi connectivity index (χ3v) is 3.51. The van der Waals surface area contributed by atoms with Crippen molar-refractivity contribution in [3.63, 3.8) is 0 Å². The third kappa shape index (κ3) is 1.64. The maximum absolute atomic E-state index is 9.00. The Kier molecular flexibility index (Phi) is 2.50. The van der Waals surface area contributed by atoms with Gasteiger partial charge >= 0.3 is 0 Å². The van der Waals surface area contributed by atoms with E-state index in [-0.39, 0.29) is 6.61 Å². The van der Waals surface area contributed by atoms with E-state index in [0.29, 0.717) is 16.9 Å². The molecule has 2 heteroatoms. The van der Waals surface area contributed by atoms with Crippen LogP contribution >= 0.6 is 0 Å². The van der Waals surface area contributed by atoms with Gasteiger partial charge < -0.3 is 10.4 Å². The van der Waals surface area contributed by atoms with Gasteiger partial charge in [0.15, 0.2) is 0 Å². The van der Waals surface area contributed by atoms with E-state index in [1.807, 2.05) is 0 Å². The highest BCUT2D eigenvalue weighted by molar-refractivity contribution is 4.97. The van der Waals surface area contributed by atoms with E-state index in [1.165, 1.54) is 0 Å². The lowest BCUT2D eigenvalue weighted by Crippen LogP contribution is -2.34. The number of nitrogens with one attached hydrogen (secondary N) is 1. The van der Waals surface area contributed by atoms with Crippen LogP contribution in [0.5, 0.6) is 0 Å². The summed E-state index contributed by atoms with van der Waals surface area (Å²) in [5.74, 6) is 0. The SMILES string of the molecule is CC(C)(C)C1(C)CNC(CO)C1. The van der Waals surface area contributed by atoms with Crippen LogP contribution in [0.15, 0.2) is 0 Å². The molecule has 2 unspecified atom stereocenters.